The van der Waals surface area contributed by atoms with Gasteiger partial charge in [-0.25, -0.2) is 4.79 Å². The number of allylic oxidation sites excluding steroid dienone is 5. The molecule has 6 atom stereocenters. The molecule has 0 aromatic heterocycles. The van der Waals surface area contributed by atoms with Crippen LogP contribution in [0, 0.1) is 17.3 Å². The highest BCUT2D eigenvalue weighted by molar-refractivity contribution is 7.00. The molecular formula is C61H78O6Si2. The summed E-state index contributed by atoms with van der Waals surface area (Å²) >= 11 is 0. The molecule has 1 N–H and O–H groups in total. The van der Waals surface area contributed by atoms with E-state index in [2.05, 4.69) is 189 Å². The van der Waals surface area contributed by atoms with Crippen LogP contribution in [0.15, 0.2) is 181 Å². The van der Waals surface area contributed by atoms with Gasteiger partial charge < -0.3 is 23.4 Å². The zero-order valence-electron chi connectivity index (χ0n) is 43.1. The molecule has 3 saturated carbocycles. The smallest absolute Gasteiger partial charge is 0.438 e. The van der Waals surface area contributed by atoms with Crippen molar-refractivity contribution in [3.63, 3.8) is 0 Å². The minimum atomic E-state index is -3.00. The van der Waals surface area contributed by atoms with Crippen LogP contribution in [-0.2, 0) is 18.3 Å². The summed E-state index contributed by atoms with van der Waals surface area (Å²) in [5.74, 6) is 0.650. The van der Waals surface area contributed by atoms with Crippen LogP contribution in [0.1, 0.15) is 107 Å². The van der Waals surface area contributed by atoms with Crippen LogP contribution in [0.5, 0.6) is 0 Å². The summed E-state index contributed by atoms with van der Waals surface area (Å²) in [6, 6.07) is 43.9. The van der Waals surface area contributed by atoms with Gasteiger partial charge in [0, 0.05) is 6.42 Å². The summed E-state index contributed by atoms with van der Waals surface area (Å²) in [6.07, 6.45) is 13.0. The summed E-state index contributed by atoms with van der Waals surface area (Å²) in [6.45, 7) is 29.5. The molecule has 0 spiro atoms. The summed E-state index contributed by atoms with van der Waals surface area (Å²) in [7, 11) is -4.69. The predicted molar refractivity (Wildman–Crippen MR) is 290 cm³/mol. The lowest BCUT2D eigenvalue weighted by molar-refractivity contribution is -0.0615. The SMILES string of the molecule is C=C1/C(=C\C=C2/CCC[C@]3(C)[C@@H](C(=C)/C=C/[C@H](O)C(C)(C)OC(=O)OC)CC[C@@H]23)C[C@@H](O[Si](c2ccccc2)(c2ccccc2)C(C)(C)C)C[C@@H]1O[Si](c1ccccc1)(c1ccccc1)C(C)(C)C. The van der Waals surface area contributed by atoms with Gasteiger partial charge in [0.05, 0.1) is 19.3 Å². The number of rotatable bonds is 14. The van der Waals surface area contributed by atoms with E-state index in [-0.39, 0.29) is 33.6 Å². The molecule has 0 bridgehead atoms. The highest BCUT2D eigenvalue weighted by atomic mass is 28.4. The molecule has 4 aromatic rings. The first-order valence-electron chi connectivity index (χ1n) is 25.2. The largest absolute Gasteiger partial charge is 0.508 e. The topological polar surface area (TPSA) is 74.2 Å². The van der Waals surface area contributed by atoms with E-state index in [9.17, 15) is 9.90 Å². The Morgan fingerprint density at radius 2 is 1.22 bits per heavy atom. The standard InChI is InChI=1S/C61H78O6Si2/c1-44(35-40-56(62)60(9,10)65-57(63)64-12)53-38-39-54-46(26-25-41-61(53,54)11)36-37-47-42-48(66-68(58(3,4)5,49-27-17-13-18-28-49)50-29-19-14-20-30-50)43-55(45(47)2)67-69(59(6,7)8,51-31-21-15-22-32-51)52-33-23-16-24-34-52/h13-24,27-37,40,48,53-56,62H,1-2,25-26,38-39,41-43H2,3-12H3/b40-35+,46-36+,47-37-/t48-,53-,54+,55+,56+,61-/m1/s1. The lowest BCUT2D eigenvalue weighted by Crippen LogP contribution is -2.69. The minimum absolute atomic E-state index is 0.0143. The van der Waals surface area contributed by atoms with Crippen LogP contribution in [-0.4, -0.2) is 58.9 Å². The van der Waals surface area contributed by atoms with Gasteiger partial charge in [0.25, 0.3) is 16.6 Å². The van der Waals surface area contributed by atoms with Crippen molar-refractivity contribution in [3.05, 3.63) is 181 Å². The highest BCUT2D eigenvalue weighted by Gasteiger charge is 2.55. The van der Waals surface area contributed by atoms with Gasteiger partial charge in [0.1, 0.15) is 11.7 Å². The van der Waals surface area contributed by atoms with Crippen molar-refractivity contribution in [2.75, 3.05) is 7.11 Å². The average Bonchev–Trinajstić information content (AvgIpc) is 3.69. The molecule has 3 aliphatic rings. The Labute approximate surface area is 416 Å². The molecule has 69 heavy (non-hydrogen) atoms. The third-order valence-corrected chi connectivity index (χ3v) is 26.0. The van der Waals surface area contributed by atoms with Crippen LogP contribution < -0.4 is 20.7 Å². The van der Waals surface area contributed by atoms with Gasteiger partial charge in [-0.2, -0.15) is 0 Å². The maximum atomic E-state index is 11.9. The van der Waals surface area contributed by atoms with Crippen LogP contribution in [0.4, 0.5) is 4.79 Å². The normalized spacial score (nSPS) is 24.3. The van der Waals surface area contributed by atoms with E-state index in [1.165, 1.54) is 39.0 Å². The van der Waals surface area contributed by atoms with Gasteiger partial charge in [-0.15, -0.1) is 0 Å². The van der Waals surface area contributed by atoms with Gasteiger partial charge in [-0.05, 0) is 112 Å². The van der Waals surface area contributed by atoms with Gasteiger partial charge >= 0.3 is 6.16 Å². The second-order valence-corrected chi connectivity index (χ2v) is 31.2. The second kappa shape index (κ2) is 20.9. The second-order valence-electron chi connectivity index (χ2n) is 22.7. The van der Waals surface area contributed by atoms with Gasteiger partial charge in [-0.1, -0.05) is 218 Å². The predicted octanol–water partition coefficient (Wildman–Crippen LogP) is 12.3. The van der Waals surface area contributed by atoms with Crippen molar-refractivity contribution in [2.24, 2.45) is 17.3 Å². The Bertz CT molecular complexity index is 2420. The Kier molecular flexibility index (Phi) is 15.7. The molecule has 4 aromatic carbocycles. The maximum Gasteiger partial charge on any atom is 0.508 e. The molecular weight excluding hydrogens is 885 g/mol. The molecule has 0 amide bonds. The quantitative estimate of drug-likeness (QED) is 0.0771. The fourth-order valence-corrected chi connectivity index (χ4v) is 21.6. The summed E-state index contributed by atoms with van der Waals surface area (Å²) in [4.78, 5) is 11.9. The number of carbonyl (C=O) groups is 1. The molecule has 8 heteroatoms. The number of hydrogen-bond acceptors (Lipinski definition) is 6. The molecule has 3 fully saturated rings. The molecule has 0 radical (unpaired) electrons. The van der Waals surface area contributed by atoms with E-state index >= 15 is 0 Å². The number of methoxy groups -OCH3 is 1. The number of aliphatic hydroxyl groups excluding tert-OH is 1. The van der Waals surface area contributed by atoms with E-state index in [1.807, 2.05) is 6.08 Å². The van der Waals surface area contributed by atoms with E-state index in [0.29, 0.717) is 12.3 Å². The molecule has 6 nitrogen and oxygen atoms in total. The summed E-state index contributed by atoms with van der Waals surface area (Å²) in [5.41, 5.74) is 3.58. The molecule has 7 rings (SSSR count). The number of aliphatic hydroxyl groups is 1. The average molecular weight is 963 g/mol. The van der Waals surface area contributed by atoms with Crippen molar-refractivity contribution in [2.45, 2.75) is 141 Å². The summed E-state index contributed by atoms with van der Waals surface area (Å²) in [5, 5.41) is 15.7. The van der Waals surface area contributed by atoms with E-state index in [1.54, 1.807) is 19.9 Å². The van der Waals surface area contributed by atoms with E-state index < -0.39 is 34.5 Å². The molecule has 0 unspecified atom stereocenters. The van der Waals surface area contributed by atoms with E-state index in [0.717, 1.165) is 49.7 Å². The number of ether oxygens (including phenoxy) is 2. The maximum absolute atomic E-state index is 11.9. The number of hydrogen-bond donors (Lipinski definition) is 1. The van der Waals surface area contributed by atoms with Gasteiger partial charge in [0.2, 0.25) is 0 Å². The Morgan fingerprint density at radius 3 is 1.68 bits per heavy atom. The van der Waals surface area contributed by atoms with Crippen LogP contribution in [0.2, 0.25) is 10.1 Å². The Morgan fingerprint density at radius 1 is 0.739 bits per heavy atom. The molecule has 0 heterocycles. The summed E-state index contributed by atoms with van der Waals surface area (Å²) < 4.78 is 26.1. The minimum Gasteiger partial charge on any atom is -0.438 e. The lowest BCUT2D eigenvalue weighted by atomic mass is 9.62. The Balaban J connectivity index is 1.29. The van der Waals surface area contributed by atoms with Crippen molar-refractivity contribution in [1.29, 1.82) is 0 Å². The Hall–Kier alpha value is -4.84. The number of fused-ring (bicyclic) bond motifs is 1. The molecule has 0 aliphatic heterocycles. The monoisotopic (exact) mass is 963 g/mol. The zero-order valence-corrected chi connectivity index (χ0v) is 45.1. The lowest BCUT2D eigenvalue weighted by Gasteiger charge is -2.49. The fourth-order valence-electron chi connectivity index (χ4n) is 12.2. The van der Waals surface area contributed by atoms with Crippen LogP contribution in [0.25, 0.3) is 0 Å². The third kappa shape index (κ3) is 10.5. The zero-order chi connectivity index (χ0) is 49.8. The third-order valence-electron chi connectivity index (χ3n) is 15.9. The van der Waals surface area contributed by atoms with Crippen molar-refractivity contribution in [1.82, 2.24) is 0 Å². The highest BCUT2D eigenvalue weighted by Crippen LogP contribution is 2.59. The van der Waals surface area contributed by atoms with Gasteiger partial charge in [0.15, 0.2) is 0 Å². The first-order valence-corrected chi connectivity index (χ1v) is 29.0. The van der Waals surface area contributed by atoms with Gasteiger partial charge in [-0.3, -0.25) is 0 Å². The molecule has 0 saturated heterocycles. The van der Waals surface area contributed by atoms with Crippen LogP contribution >= 0.6 is 0 Å². The van der Waals surface area contributed by atoms with E-state index in [4.69, 9.17) is 24.9 Å². The molecule has 3 aliphatic carbocycles. The number of benzene rings is 4. The first kappa shape index (κ1) is 52.0. The fraction of sp³-hybridized carbons (Fsp3) is 0.426. The van der Waals surface area contributed by atoms with Crippen molar-refractivity contribution in [3.8, 4) is 0 Å². The molecule has 366 valence electrons. The van der Waals surface area contributed by atoms with Crippen molar-refractivity contribution < 1.29 is 28.2 Å². The van der Waals surface area contributed by atoms with Crippen molar-refractivity contribution >= 4 is 43.5 Å². The number of carbonyl (C=O) groups excluding carboxylic acids is 1. The first-order chi connectivity index (χ1) is 32.7. The van der Waals surface area contributed by atoms with Crippen LogP contribution in [0.3, 0.4) is 0 Å².